The van der Waals surface area contributed by atoms with Crippen molar-refractivity contribution in [3.8, 4) is 11.5 Å². The van der Waals surface area contributed by atoms with Crippen molar-refractivity contribution in [2.75, 3.05) is 14.2 Å². The van der Waals surface area contributed by atoms with Crippen LogP contribution in [-0.2, 0) is 16.1 Å². The Morgan fingerprint density at radius 1 is 1.14 bits per heavy atom. The van der Waals surface area contributed by atoms with E-state index in [0.29, 0.717) is 30.9 Å². The standard InChI is InChI=1S/C23H34N2O4/c1-23(22(27)24-18-9-7-5-4-6-8-10-18)14-13-21(26)25(23)16-17-15-19(28-2)11-12-20(17)29-3/h11-12,15,18H,4-10,13-14,16H2,1-3H3,(H,24,27). The molecule has 1 aliphatic carbocycles. The van der Waals surface area contributed by atoms with Gasteiger partial charge in [0.2, 0.25) is 11.8 Å². The van der Waals surface area contributed by atoms with Gasteiger partial charge >= 0.3 is 0 Å². The largest absolute Gasteiger partial charge is 0.497 e. The van der Waals surface area contributed by atoms with Crippen LogP contribution in [0.5, 0.6) is 11.5 Å². The molecule has 1 aromatic carbocycles. The van der Waals surface area contributed by atoms with Gasteiger partial charge in [0.25, 0.3) is 0 Å². The fourth-order valence-electron chi connectivity index (χ4n) is 4.51. The Morgan fingerprint density at radius 3 is 2.48 bits per heavy atom. The van der Waals surface area contributed by atoms with Gasteiger partial charge in [-0.25, -0.2) is 0 Å². The van der Waals surface area contributed by atoms with Crippen LogP contribution in [0.4, 0.5) is 0 Å². The molecule has 29 heavy (non-hydrogen) atoms. The fourth-order valence-corrected chi connectivity index (χ4v) is 4.51. The molecule has 0 bridgehead atoms. The number of carbonyl (C=O) groups excluding carboxylic acids is 2. The van der Waals surface area contributed by atoms with Gasteiger partial charge in [-0.3, -0.25) is 9.59 Å². The molecular weight excluding hydrogens is 368 g/mol. The molecule has 1 heterocycles. The molecule has 1 atom stereocenters. The van der Waals surface area contributed by atoms with Crippen molar-refractivity contribution < 1.29 is 19.1 Å². The Kier molecular flexibility index (Phi) is 7.04. The van der Waals surface area contributed by atoms with E-state index in [4.69, 9.17) is 9.47 Å². The summed E-state index contributed by atoms with van der Waals surface area (Å²) in [5.41, 5.74) is 0.000144. The van der Waals surface area contributed by atoms with Crippen LogP contribution in [0.1, 0.15) is 70.3 Å². The highest BCUT2D eigenvalue weighted by molar-refractivity contribution is 5.94. The van der Waals surface area contributed by atoms with Gasteiger partial charge in [0, 0.05) is 18.0 Å². The Hall–Kier alpha value is -2.24. The van der Waals surface area contributed by atoms with Crippen LogP contribution in [0, 0.1) is 0 Å². The summed E-state index contributed by atoms with van der Waals surface area (Å²) in [6.07, 6.45) is 9.07. The van der Waals surface area contributed by atoms with E-state index in [0.717, 1.165) is 31.2 Å². The van der Waals surface area contributed by atoms with E-state index in [2.05, 4.69) is 5.32 Å². The third-order valence-corrected chi connectivity index (χ3v) is 6.47. The van der Waals surface area contributed by atoms with Gasteiger partial charge in [-0.1, -0.05) is 32.1 Å². The molecule has 0 radical (unpaired) electrons. The van der Waals surface area contributed by atoms with Crippen LogP contribution in [-0.4, -0.2) is 42.5 Å². The topological polar surface area (TPSA) is 67.9 Å². The molecule has 0 aromatic heterocycles. The van der Waals surface area contributed by atoms with Crippen LogP contribution in [0.2, 0.25) is 0 Å². The molecule has 1 N–H and O–H groups in total. The molecule has 2 aliphatic rings. The van der Waals surface area contributed by atoms with Crippen LogP contribution in [0.25, 0.3) is 0 Å². The summed E-state index contributed by atoms with van der Waals surface area (Å²) in [5, 5.41) is 3.27. The van der Waals surface area contributed by atoms with Crippen molar-refractivity contribution in [1.82, 2.24) is 10.2 Å². The second-order valence-electron chi connectivity index (χ2n) is 8.45. The number of likely N-dealkylation sites (tertiary alicyclic amines) is 1. The van der Waals surface area contributed by atoms with E-state index < -0.39 is 5.54 Å². The van der Waals surface area contributed by atoms with E-state index in [1.165, 1.54) is 19.3 Å². The smallest absolute Gasteiger partial charge is 0.245 e. The zero-order chi connectivity index (χ0) is 20.9. The van der Waals surface area contributed by atoms with E-state index in [9.17, 15) is 9.59 Å². The summed E-state index contributed by atoms with van der Waals surface area (Å²) in [6.45, 7) is 2.22. The minimum absolute atomic E-state index is 0.00480. The summed E-state index contributed by atoms with van der Waals surface area (Å²) in [5.74, 6) is 1.36. The molecule has 0 spiro atoms. The van der Waals surface area contributed by atoms with Crippen LogP contribution in [0.3, 0.4) is 0 Å². The van der Waals surface area contributed by atoms with Gasteiger partial charge in [-0.05, 0) is 44.4 Å². The zero-order valence-corrected chi connectivity index (χ0v) is 18.0. The molecule has 3 rings (SSSR count). The van der Waals surface area contributed by atoms with Gasteiger partial charge in [0.15, 0.2) is 0 Å². The third-order valence-electron chi connectivity index (χ3n) is 6.47. The van der Waals surface area contributed by atoms with Gasteiger partial charge in [-0.15, -0.1) is 0 Å². The van der Waals surface area contributed by atoms with Crippen molar-refractivity contribution >= 4 is 11.8 Å². The number of carbonyl (C=O) groups is 2. The number of ether oxygens (including phenoxy) is 2. The van der Waals surface area contributed by atoms with Crippen molar-refractivity contribution in [3.63, 3.8) is 0 Å². The number of methoxy groups -OCH3 is 2. The van der Waals surface area contributed by atoms with Crippen molar-refractivity contribution in [1.29, 1.82) is 0 Å². The van der Waals surface area contributed by atoms with Crippen LogP contribution in [0.15, 0.2) is 18.2 Å². The van der Waals surface area contributed by atoms with E-state index in [1.807, 2.05) is 25.1 Å². The molecule has 1 saturated heterocycles. The number of hydrogen-bond donors (Lipinski definition) is 1. The Bertz CT molecular complexity index is 728. The highest BCUT2D eigenvalue weighted by Crippen LogP contribution is 2.35. The molecular formula is C23H34N2O4. The highest BCUT2D eigenvalue weighted by Gasteiger charge is 2.47. The first-order chi connectivity index (χ1) is 14.0. The van der Waals surface area contributed by atoms with Crippen LogP contribution < -0.4 is 14.8 Å². The molecule has 2 fully saturated rings. The number of nitrogens with one attached hydrogen (secondary N) is 1. The predicted molar refractivity (Wildman–Crippen MR) is 112 cm³/mol. The average Bonchev–Trinajstić information content (AvgIpc) is 2.99. The number of amides is 2. The lowest BCUT2D eigenvalue weighted by Gasteiger charge is -2.36. The maximum absolute atomic E-state index is 13.3. The second kappa shape index (κ2) is 9.51. The lowest BCUT2D eigenvalue weighted by molar-refractivity contribution is -0.141. The molecule has 6 nitrogen and oxygen atoms in total. The van der Waals surface area contributed by atoms with Crippen LogP contribution >= 0.6 is 0 Å². The molecule has 1 aromatic rings. The highest BCUT2D eigenvalue weighted by atomic mass is 16.5. The van der Waals surface area contributed by atoms with Gasteiger partial charge in [0.1, 0.15) is 17.0 Å². The normalized spacial score (nSPS) is 23.4. The predicted octanol–water partition coefficient (Wildman–Crippen LogP) is 3.81. The number of nitrogens with zero attached hydrogens (tertiary/aromatic N) is 1. The first kappa shape index (κ1) is 21.5. The summed E-state index contributed by atoms with van der Waals surface area (Å²) in [7, 11) is 3.22. The molecule has 2 amide bonds. The summed E-state index contributed by atoms with van der Waals surface area (Å²) in [4.78, 5) is 27.7. The van der Waals surface area contributed by atoms with Gasteiger partial charge in [-0.2, -0.15) is 0 Å². The summed E-state index contributed by atoms with van der Waals surface area (Å²) >= 11 is 0. The maximum Gasteiger partial charge on any atom is 0.245 e. The van der Waals surface area contributed by atoms with E-state index in [1.54, 1.807) is 19.1 Å². The molecule has 1 aliphatic heterocycles. The van der Waals surface area contributed by atoms with Crippen molar-refractivity contribution in [2.45, 2.75) is 82.8 Å². The monoisotopic (exact) mass is 402 g/mol. The minimum atomic E-state index is -0.840. The first-order valence-corrected chi connectivity index (χ1v) is 10.8. The number of benzene rings is 1. The van der Waals surface area contributed by atoms with Crippen molar-refractivity contribution in [3.05, 3.63) is 23.8 Å². The molecule has 1 saturated carbocycles. The Balaban J connectivity index is 1.77. The fraction of sp³-hybridized carbons (Fsp3) is 0.652. The Labute approximate surface area is 173 Å². The lowest BCUT2D eigenvalue weighted by atomic mass is 9.93. The third kappa shape index (κ3) is 4.85. The SMILES string of the molecule is COc1ccc(OC)c(CN2C(=O)CCC2(C)C(=O)NC2CCCCCCC2)c1. The molecule has 160 valence electrons. The van der Waals surface area contributed by atoms with Gasteiger partial charge < -0.3 is 19.7 Å². The number of hydrogen-bond acceptors (Lipinski definition) is 4. The number of rotatable bonds is 6. The molecule has 6 heteroatoms. The second-order valence-corrected chi connectivity index (χ2v) is 8.45. The first-order valence-electron chi connectivity index (χ1n) is 10.8. The quantitative estimate of drug-likeness (QED) is 0.786. The zero-order valence-electron chi connectivity index (χ0n) is 18.0. The van der Waals surface area contributed by atoms with E-state index >= 15 is 0 Å². The summed E-state index contributed by atoms with van der Waals surface area (Å²) in [6, 6.07) is 5.75. The summed E-state index contributed by atoms with van der Waals surface area (Å²) < 4.78 is 10.8. The molecule has 1 unspecified atom stereocenters. The Morgan fingerprint density at radius 2 is 1.83 bits per heavy atom. The maximum atomic E-state index is 13.3. The lowest BCUT2D eigenvalue weighted by Crippen LogP contribution is -2.56. The minimum Gasteiger partial charge on any atom is -0.497 e. The van der Waals surface area contributed by atoms with E-state index in [-0.39, 0.29) is 17.9 Å². The van der Waals surface area contributed by atoms with Gasteiger partial charge in [0.05, 0.1) is 20.8 Å². The average molecular weight is 403 g/mol. The van der Waals surface area contributed by atoms with Crippen molar-refractivity contribution in [2.24, 2.45) is 0 Å².